The molecule has 1 amide bonds. The first-order valence-corrected chi connectivity index (χ1v) is 14.4. The molecule has 0 spiro atoms. The van der Waals surface area contributed by atoms with E-state index in [9.17, 15) is 13.2 Å². The second-order valence-corrected chi connectivity index (χ2v) is 11.0. The van der Waals surface area contributed by atoms with Crippen LogP contribution >= 0.6 is 11.8 Å². The van der Waals surface area contributed by atoms with E-state index in [-0.39, 0.29) is 16.5 Å². The van der Waals surface area contributed by atoms with Crippen LogP contribution < -0.4 is 19.5 Å². The van der Waals surface area contributed by atoms with E-state index in [1.54, 1.807) is 36.4 Å². The summed E-state index contributed by atoms with van der Waals surface area (Å²) in [7, 11) is -0.951. The number of hydrogen-bond donors (Lipinski definition) is 2. The minimum Gasteiger partial charge on any atom is -0.497 e. The van der Waals surface area contributed by atoms with Gasteiger partial charge >= 0.3 is 0 Å². The van der Waals surface area contributed by atoms with E-state index in [1.807, 2.05) is 42.1 Å². The van der Waals surface area contributed by atoms with Crippen LogP contribution in [0.4, 0.5) is 11.4 Å². The van der Waals surface area contributed by atoms with Gasteiger partial charge in [0.1, 0.15) is 11.5 Å². The lowest BCUT2D eigenvalue weighted by molar-refractivity contribution is 0.102. The molecule has 0 aliphatic rings. The summed E-state index contributed by atoms with van der Waals surface area (Å²) in [6.07, 6.45) is 0. The molecule has 9 heteroatoms. The summed E-state index contributed by atoms with van der Waals surface area (Å²) in [5, 5.41) is 2.81. The Morgan fingerprint density at radius 3 is 2.08 bits per heavy atom. The van der Waals surface area contributed by atoms with E-state index in [2.05, 4.69) is 22.2 Å². The highest BCUT2D eigenvalue weighted by atomic mass is 32.2. The van der Waals surface area contributed by atoms with Crippen LogP contribution in [0.25, 0.3) is 0 Å². The predicted molar refractivity (Wildman–Crippen MR) is 153 cm³/mol. The molecular weight excluding hydrogens is 520 g/mol. The van der Waals surface area contributed by atoms with Crippen LogP contribution in [0.3, 0.4) is 0 Å². The number of carbonyl (C=O) groups excluding carboxylic acids is 1. The number of ether oxygens (including phenoxy) is 2. The molecule has 38 heavy (non-hydrogen) atoms. The maximum absolute atomic E-state index is 12.9. The Kier molecular flexibility index (Phi) is 8.93. The largest absolute Gasteiger partial charge is 0.497 e. The van der Waals surface area contributed by atoms with Crippen molar-refractivity contribution in [2.75, 3.05) is 24.3 Å². The number of methoxy groups -OCH3 is 2. The van der Waals surface area contributed by atoms with Gasteiger partial charge in [-0.2, -0.15) is 11.8 Å². The number of amides is 1. The standard InChI is InChI=1S/C29H28N2O5S2/c1-35-25-14-17-28(36-2)27(18-25)31-38(33,34)26-15-12-24(13-16-26)30-29(32)23-10-8-22(9-11-23)20-37-19-21-6-4-3-5-7-21/h3-18,31H,19-20H2,1-2H3,(H,30,32). The molecule has 4 aromatic rings. The van der Waals surface area contributed by atoms with Crippen LogP contribution in [0.1, 0.15) is 21.5 Å². The molecule has 0 unspecified atom stereocenters. The third-order valence-corrected chi connectivity index (χ3v) is 8.13. The molecule has 4 aromatic carbocycles. The topological polar surface area (TPSA) is 93.7 Å². The van der Waals surface area contributed by atoms with Crippen molar-refractivity contribution in [3.05, 3.63) is 114 Å². The highest BCUT2D eigenvalue weighted by Gasteiger charge is 2.18. The Labute approximate surface area is 227 Å². The Morgan fingerprint density at radius 1 is 0.789 bits per heavy atom. The van der Waals surface area contributed by atoms with Gasteiger partial charge in [0, 0.05) is 28.8 Å². The van der Waals surface area contributed by atoms with Crippen LogP contribution in [0.15, 0.2) is 102 Å². The van der Waals surface area contributed by atoms with Crippen molar-refractivity contribution in [3.63, 3.8) is 0 Å². The van der Waals surface area contributed by atoms with Crippen molar-refractivity contribution >= 4 is 39.1 Å². The summed E-state index contributed by atoms with van der Waals surface area (Å²) in [5.74, 6) is 2.35. The van der Waals surface area contributed by atoms with E-state index < -0.39 is 10.0 Å². The van der Waals surface area contributed by atoms with Gasteiger partial charge in [-0.3, -0.25) is 9.52 Å². The molecule has 0 aliphatic heterocycles. The molecule has 0 saturated carbocycles. The summed E-state index contributed by atoms with van der Waals surface area (Å²) < 4.78 is 38.8. The molecule has 0 bridgehead atoms. The minimum atomic E-state index is -3.90. The van der Waals surface area contributed by atoms with E-state index in [0.29, 0.717) is 22.7 Å². The van der Waals surface area contributed by atoms with Crippen LogP contribution in [-0.2, 0) is 21.5 Å². The van der Waals surface area contributed by atoms with Crippen molar-refractivity contribution in [3.8, 4) is 11.5 Å². The molecule has 196 valence electrons. The van der Waals surface area contributed by atoms with Gasteiger partial charge in [-0.25, -0.2) is 8.42 Å². The fourth-order valence-corrected chi connectivity index (χ4v) is 5.65. The lowest BCUT2D eigenvalue weighted by Gasteiger charge is -2.13. The van der Waals surface area contributed by atoms with Gasteiger partial charge in [-0.05, 0) is 59.7 Å². The third kappa shape index (κ3) is 7.08. The minimum absolute atomic E-state index is 0.0396. The zero-order chi connectivity index (χ0) is 27.0. The van der Waals surface area contributed by atoms with E-state index in [0.717, 1.165) is 17.1 Å². The Balaban J connectivity index is 1.35. The maximum atomic E-state index is 12.9. The zero-order valence-corrected chi connectivity index (χ0v) is 22.6. The number of thioether (sulfide) groups is 1. The van der Waals surface area contributed by atoms with Crippen molar-refractivity contribution in [1.29, 1.82) is 0 Å². The number of anilines is 2. The van der Waals surface area contributed by atoms with Gasteiger partial charge in [-0.15, -0.1) is 0 Å². The number of carbonyl (C=O) groups is 1. The number of rotatable bonds is 11. The van der Waals surface area contributed by atoms with Gasteiger partial charge in [0.05, 0.1) is 24.8 Å². The van der Waals surface area contributed by atoms with Crippen molar-refractivity contribution in [2.24, 2.45) is 0 Å². The summed E-state index contributed by atoms with van der Waals surface area (Å²) >= 11 is 1.82. The molecule has 0 fully saturated rings. The molecular formula is C29H28N2O5S2. The normalized spacial score (nSPS) is 11.0. The third-order valence-electron chi connectivity index (χ3n) is 5.67. The molecule has 0 radical (unpaired) electrons. The summed E-state index contributed by atoms with van der Waals surface area (Å²) in [6, 6.07) is 28.5. The molecule has 0 atom stereocenters. The second kappa shape index (κ2) is 12.5. The lowest BCUT2D eigenvalue weighted by Crippen LogP contribution is -2.14. The summed E-state index contributed by atoms with van der Waals surface area (Å²) in [6.45, 7) is 0. The first kappa shape index (κ1) is 27.1. The van der Waals surface area contributed by atoms with Crippen LogP contribution in [0.2, 0.25) is 0 Å². The smallest absolute Gasteiger partial charge is 0.262 e. The molecule has 0 aromatic heterocycles. The fraction of sp³-hybridized carbons (Fsp3) is 0.138. The highest BCUT2D eigenvalue weighted by Crippen LogP contribution is 2.31. The van der Waals surface area contributed by atoms with Gasteiger partial charge in [0.25, 0.3) is 15.9 Å². The van der Waals surface area contributed by atoms with Gasteiger partial charge < -0.3 is 14.8 Å². The Hall–Kier alpha value is -3.95. The van der Waals surface area contributed by atoms with Gasteiger partial charge in [0.15, 0.2) is 0 Å². The molecule has 7 nitrogen and oxygen atoms in total. The van der Waals surface area contributed by atoms with Gasteiger partial charge in [-0.1, -0.05) is 42.5 Å². The summed E-state index contributed by atoms with van der Waals surface area (Å²) in [5.41, 5.74) is 3.67. The van der Waals surface area contributed by atoms with Crippen molar-refractivity contribution in [2.45, 2.75) is 16.4 Å². The molecule has 0 heterocycles. The number of nitrogens with one attached hydrogen (secondary N) is 2. The van der Waals surface area contributed by atoms with E-state index in [4.69, 9.17) is 9.47 Å². The summed E-state index contributed by atoms with van der Waals surface area (Å²) in [4.78, 5) is 12.7. The van der Waals surface area contributed by atoms with Crippen molar-refractivity contribution < 1.29 is 22.7 Å². The number of sulfonamides is 1. The lowest BCUT2D eigenvalue weighted by atomic mass is 10.1. The van der Waals surface area contributed by atoms with Crippen molar-refractivity contribution in [1.82, 2.24) is 0 Å². The number of benzene rings is 4. The predicted octanol–water partition coefficient (Wildman–Crippen LogP) is 6.19. The molecule has 0 saturated heterocycles. The first-order valence-electron chi connectivity index (χ1n) is 11.7. The van der Waals surface area contributed by atoms with Crippen LogP contribution in [0, 0.1) is 0 Å². The molecule has 4 rings (SSSR count). The Morgan fingerprint density at radius 2 is 1.45 bits per heavy atom. The second-order valence-electron chi connectivity index (χ2n) is 8.33. The average Bonchev–Trinajstić information content (AvgIpc) is 2.94. The Bertz CT molecular complexity index is 1470. The maximum Gasteiger partial charge on any atom is 0.262 e. The molecule has 0 aliphatic carbocycles. The fourth-order valence-electron chi connectivity index (χ4n) is 3.63. The SMILES string of the molecule is COc1ccc(OC)c(NS(=O)(=O)c2ccc(NC(=O)c3ccc(CSCc4ccccc4)cc3)cc2)c1. The number of hydrogen-bond acceptors (Lipinski definition) is 6. The monoisotopic (exact) mass is 548 g/mol. The van der Waals surface area contributed by atoms with Gasteiger partial charge in [0.2, 0.25) is 0 Å². The molecule has 2 N–H and O–H groups in total. The van der Waals surface area contributed by atoms with E-state index >= 15 is 0 Å². The first-order chi connectivity index (χ1) is 18.4. The average molecular weight is 549 g/mol. The zero-order valence-electron chi connectivity index (χ0n) is 21.0. The van der Waals surface area contributed by atoms with Crippen LogP contribution in [-0.4, -0.2) is 28.5 Å². The quantitative estimate of drug-likeness (QED) is 0.232. The highest BCUT2D eigenvalue weighted by molar-refractivity contribution is 7.97. The van der Waals surface area contributed by atoms with E-state index in [1.165, 1.54) is 38.0 Å². The van der Waals surface area contributed by atoms with Crippen LogP contribution in [0.5, 0.6) is 11.5 Å².